The van der Waals surface area contributed by atoms with E-state index in [1.54, 1.807) is 0 Å². The summed E-state index contributed by atoms with van der Waals surface area (Å²) in [7, 11) is 0. The van der Waals surface area contributed by atoms with E-state index in [0.29, 0.717) is 11.3 Å². The lowest BCUT2D eigenvalue weighted by molar-refractivity contribution is -0.133. The van der Waals surface area contributed by atoms with E-state index in [-0.39, 0.29) is 42.7 Å². The van der Waals surface area contributed by atoms with Crippen molar-refractivity contribution in [1.29, 1.82) is 0 Å². The minimum atomic E-state index is -0.482. The molecule has 136 valence electrons. The molecule has 1 aromatic carbocycles. The van der Waals surface area contributed by atoms with Crippen LogP contribution < -0.4 is 15.6 Å². The molecule has 0 spiro atoms. The molecule has 0 bridgehead atoms. The van der Waals surface area contributed by atoms with Crippen LogP contribution in [-0.2, 0) is 11.3 Å². The van der Waals surface area contributed by atoms with Crippen LogP contribution >= 0.6 is 11.6 Å². The minimum Gasteiger partial charge on any atom is -0.483 e. The van der Waals surface area contributed by atoms with Crippen LogP contribution in [0.1, 0.15) is 15.9 Å². The molecule has 0 fully saturated rings. The molecule has 3 rings (SSSR count). The highest BCUT2D eigenvalue weighted by molar-refractivity contribution is 6.30. The molecule has 26 heavy (non-hydrogen) atoms. The lowest BCUT2D eigenvalue weighted by Crippen LogP contribution is -2.39. The molecular weight excluding hydrogens is 365 g/mol. The molecule has 0 saturated carbocycles. The summed E-state index contributed by atoms with van der Waals surface area (Å²) in [6.45, 7) is 0.432. The number of H-pyrrole nitrogens is 1. The SMILES string of the molecule is O=C(NCCN1Cc2cc(F)ccc2OCC1=O)c1c[nH]c(=O)c(Cl)c1. The number of ether oxygens (including phenoxy) is 1. The summed E-state index contributed by atoms with van der Waals surface area (Å²) in [6.07, 6.45) is 1.26. The number of aromatic nitrogens is 1. The number of hydrogen-bond donors (Lipinski definition) is 2. The Morgan fingerprint density at radius 1 is 1.35 bits per heavy atom. The van der Waals surface area contributed by atoms with E-state index in [1.165, 1.54) is 35.4 Å². The van der Waals surface area contributed by atoms with Crippen LogP contribution in [0.2, 0.25) is 5.02 Å². The molecule has 7 nitrogen and oxygen atoms in total. The zero-order valence-electron chi connectivity index (χ0n) is 13.6. The Morgan fingerprint density at radius 2 is 2.15 bits per heavy atom. The average molecular weight is 380 g/mol. The second-order valence-electron chi connectivity index (χ2n) is 5.68. The fourth-order valence-electron chi connectivity index (χ4n) is 2.53. The minimum absolute atomic E-state index is 0.0869. The van der Waals surface area contributed by atoms with Gasteiger partial charge in [0.1, 0.15) is 16.6 Å². The van der Waals surface area contributed by atoms with Crippen molar-refractivity contribution in [2.45, 2.75) is 6.54 Å². The van der Waals surface area contributed by atoms with Gasteiger partial charge in [-0.25, -0.2) is 4.39 Å². The number of fused-ring (bicyclic) bond motifs is 1. The largest absolute Gasteiger partial charge is 0.483 e. The smallest absolute Gasteiger partial charge is 0.266 e. The first-order valence-corrected chi connectivity index (χ1v) is 8.17. The van der Waals surface area contributed by atoms with Crippen molar-refractivity contribution in [3.05, 3.63) is 62.8 Å². The van der Waals surface area contributed by atoms with E-state index in [1.807, 2.05) is 0 Å². The van der Waals surface area contributed by atoms with Gasteiger partial charge in [0.05, 0.1) is 5.56 Å². The molecule has 0 radical (unpaired) electrons. The third-order valence-electron chi connectivity index (χ3n) is 3.87. The van der Waals surface area contributed by atoms with E-state index < -0.39 is 17.3 Å². The summed E-state index contributed by atoms with van der Waals surface area (Å²) in [5, 5.41) is 2.55. The molecule has 1 aliphatic rings. The second kappa shape index (κ2) is 7.57. The summed E-state index contributed by atoms with van der Waals surface area (Å²) in [5.74, 6) is -0.643. The highest BCUT2D eigenvalue weighted by Gasteiger charge is 2.22. The molecule has 0 atom stereocenters. The van der Waals surface area contributed by atoms with Crippen LogP contribution in [0, 0.1) is 5.82 Å². The van der Waals surface area contributed by atoms with Crippen molar-refractivity contribution < 1.29 is 18.7 Å². The van der Waals surface area contributed by atoms with E-state index in [9.17, 15) is 18.8 Å². The molecule has 1 aromatic heterocycles. The van der Waals surface area contributed by atoms with E-state index >= 15 is 0 Å². The number of nitrogens with zero attached hydrogens (tertiary/aromatic N) is 1. The highest BCUT2D eigenvalue weighted by atomic mass is 35.5. The first-order chi connectivity index (χ1) is 12.4. The fraction of sp³-hybridized carbons (Fsp3) is 0.235. The number of hydrogen-bond acceptors (Lipinski definition) is 4. The highest BCUT2D eigenvalue weighted by Crippen LogP contribution is 2.24. The number of pyridine rings is 1. The second-order valence-corrected chi connectivity index (χ2v) is 6.08. The Morgan fingerprint density at radius 3 is 2.92 bits per heavy atom. The first-order valence-electron chi connectivity index (χ1n) is 7.79. The van der Waals surface area contributed by atoms with Crippen LogP contribution in [0.4, 0.5) is 4.39 Å². The van der Waals surface area contributed by atoms with Gasteiger partial charge in [0.15, 0.2) is 6.61 Å². The molecule has 0 saturated heterocycles. The van der Waals surface area contributed by atoms with Gasteiger partial charge in [-0.2, -0.15) is 0 Å². The van der Waals surface area contributed by atoms with Crippen LogP contribution in [0.3, 0.4) is 0 Å². The molecule has 2 amide bonds. The van der Waals surface area contributed by atoms with Crippen LogP contribution in [0.25, 0.3) is 0 Å². The third kappa shape index (κ3) is 4.02. The summed E-state index contributed by atoms with van der Waals surface area (Å²) >= 11 is 5.69. The van der Waals surface area contributed by atoms with Gasteiger partial charge in [-0.3, -0.25) is 14.4 Å². The van der Waals surface area contributed by atoms with Gasteiger partial charge in [0.25, 0.3) is 17.4 Å². The van der Waals surface area contributed by atoms with Gasteiger partial charge in [0, 0.05) is 31.4 Å². The molecule has 1 aliphatic heterocycles. The molecule has 0 unspecified atom stereocenters. The molecule has 9 heteroatoms. The Bertz CT molecular complexity index is 915. The van der Waals surface area contributed by atoms with E-state index in [0.717, 1.165) is 0 Å². The molecular formula is C17H15ClFN3O4. The summed E-state index contributed by atoms with van der Waals surface area (Å²) in [6, 6.07) is 5.35. The van der Waals surface area contributed by atoms with Gasteiger partial charge >= 0.3 is 0 Å². The van der Waals surface area contributed by atoms with Crippen molar-refractivity contribution >= 4 is 23.4 Å². The van der Waals surface area contributed by atoms with E-state index in [2.05, 4.69) is 10.3 Å². The first kappa shape index (κ1) is 17.9. The zero-order valence-corrected chi connectivity index (χ0v) is 14.3. The number of benzene rings is 1. The number of carbonyl (C=O) groups is 2. The van der Waals surface area contributed by atoms with Gasteiger partial charge in [-0.15, -0.1) is 0 Å². The lowest BCUT2D eigenvalue weighted by atomic mass is 10.2. The summed E-state index contributed by atoms with van der Waals surface area (Å²) < 4.78 is 18.8. The fourth-order valence-corrected chi connectivity index (χ4v) is 2.71. The van der Waals surface area contributed by atoms with Crippen LogP contribution in [0.5, 0.6) is 5.75 Å². The molecule has 2 heterocycles. The number of amides is 2. The van der Waals surface area contributed by atoms with Crippen molar-refractivity contribution in [2.24, 2.45) is 0 Å². The average Bonchev–Trinajstić information content (AvgIpc) is 2.76. The van der Waals surface area contributed by atoms with Gasteiger partial charge in [-0.05, 0) is 24.3 Å². The molecule has 2 N–H and O–H groups in total. The number of aromatic amines is 1. The predicted molar refractivity (Wildman–Crippen MR) is 91.7 cm³/mol. The lowest BCUT2D eigenvalue weighted by Gasteiger charge is -2.20. The maximum absolute atomic E-state index is 13.4. The summed E-state index contributed by atoms with van der Waals surface area (Å²) in [5.41, 5.74) is 0.284. The Hall–Kier alpha value is -2.87. The van der Waals surface area contributed by atoms with Crippen molar-refractivity contribution in [1.82, 2.24) is 15.2 Å². The normalized spacial score (nSPS) is 13.6. The molecule has 0 aliphatic carbocycles. The maximum Gasteiger partial charge on any atom is 0.266 e. The van der Waals surface area contributed by atoms with Crippen molar-refractivity contribution in [3.63, 3.8) is 0 Å². The number of carbonyl (C=O) groups excluding carboxylic acids is 2. The predicted octanol–water partition coefficient (Wildman–Crippen LogP) is 1.32. The summed E-state index contributed by atoms with van der Waals surface area (Å²) in [4.78, 5) is 39.2. The Kier molecular flexibility index (Phi) is 5.22. The van der Waals surface area contributed by atoms with Crippen molar-refractivity contribution in [2.75, 3.05) is 19.7 Å². The van der Waals surface area contributed by atoms with Crippen LogP contribution in [0.15, 0.2) is 35.3 Å². The molecule has 2 aromatic rings. The van der Waals surface area contributed by atoms with Gasteiger partial charge in [0.2, 0.25) is 0 Å². The monoisotopic (exact) mass is 379 g/mol. The van der Waals surface area contributed by atoms with E-state index in [4.69, 9.17) is 16.3 Å². The Balaban J connectivity index is 1.61. The Labute approximate surface area is 152 Å². The van der Waals surface area contributed by atoms with Crippen molar-refractivity contribution in [3.8, 4) is 5.75 Å². The maximum atomic E-state index is 13.4. The number of rotatable bonds is 4. The van der Waals surface area contributed by atoms with Gasteiger partial charge < -0.3 is 19.9 Å². The number of halogens is 2. The quantitative estimate of drug-likeness (QED) is 0.838. The van der Waals surface area contributed by atoms with Gasteiger partial charge in [-0.1, -0.05) is 11.6 Å². The van der Waals surface area contributed by atoms with Crippen LogP contribution in [-0.4, -0.2) is 41.4 Å². The third-order valence-corrected chi connectivity index (χ3v) is 4.16. The topological polar surface area (TPSA) is 91.5 Å². The number of nitrogens with one attached hydrogen (secondary N) is 2. The zero-order chi connectivity index (χ0) is 18.7. The standard InChI is InChI=1S/C17H15ClFN3O4/c18-13-6-10(7-21-17(13)25)16(24)20-3-4-22-8-11-5-12(19)1-2-14(11)26-9-15(22)23/h1-2,5-7H,3-4,8-9H2,(H,20,24)(H,21,25).